The van der Waals surface area contributed by atoms with E-state index in [1.54, 1.807) is 30.3 Å². The van der Waals surface area contributed by atoms with Crippen LogP contribution in [-0.4, -0.2) is 24.4 Å². The molecule has 2 amide bonds. The SMILES string of the molecule is Cc1ccc(NC(=O)CCCC(=O)OCC(=O)Nc2cc(Cl)ccc2Cl)cc1Cl. The van der Waals surface area contributed by atoms with Crippen LogP contribution in [0.25, 0.3) is 0 Å². The summed E-state index contributed by atoms with van der Waals surface area (Å²) >= 11 is 17.8. The Kier molecular flexibility index (Phi) is 8.76. The van der Waals surface area contributed by atoms with Gasteiger partial charge in [-0.25, -0.2) is 0 Å². The lowest BCUT2D eigenvalue weighted by Crippen LogP contribution is -2.21. The van der Waals surface area contributed by atoms with Gasteiger partial charge < -0.3 is 15.4 Å². The number of esters is 1. The van der Waals surface area contributed by atoms with Crippen LogP contribution < -0.4 is 10.6 Å². The summed E-state index contributed by atoms with van der Waals surface area (Å²) in [5.41, 5.74) is 1.83. The summed E-state index contributed by atoms with van der Waals surface area (Å²) in [5, 5.41) is 6.50. The van der Waals surface area contributed by atoms with Crippen molar-refractivity contribution in [3.8, 4) is 0 Å². The molecule has 2 N–H and O–H groups in total. The van der Waals surface area contributed by atoms with Gasteiger partial charge in [-0.1, -0.05) is 40.9 Å². The number of anilines is 2. The van der Waals surface area contributed by atoms with Crippen molar-refractivity contribution < 1.29 is 19.1 Å². The summed E-state index contributed by atoms with van der Waals surface area (Å²) in [5.74, 6) is -1.37. The Morgan fingerprint density at radius 1 is 0.897 bits per heavy atom. The smallest absolute Gasteiger partial charge is 0.306 e. The Morgan fingerprint density at radius 2 is 1.66 bits per heavy atom. The second kappa shape index (κ2) is 11.0. The second-order valence-corrected chi connectivity index (χ2v) is 7.45. The largest absolute Gasteiger partial charge is 0.456 e. The van der Waals surface area contributed by atoms with E-state index in [0.717, 1.165) is 5.56 Å². The van der Waals surface area contributed by atoms with Crippen LogP contribution in [0, 0.1) is 6.92 Å². The topological polar surface area (TPSA) is 84.5 Å². The molecule has 0 atom stereocenters. The normalized spacial score (nSPS) is 10.3. The molecular formula is C20H19Cl3N2O4. The standard InChI is InChI=1S/C20H19Cl3N2O4/c1-12-5-7-14(10-16(12)23)24-18(26)3-2-4-20(28)29-11-19(27)25-17-9-13(21)6-8-15(17)22/h5-10H,2-4,11H2,1H3,(H,24,26)(H,25,27). The molecule has 0 fully saturated rings. The Morgan fingerprint density at radius 3 is 2.38 bits per heavy atom. The number of ether oxygens (including phenoxy) is 1. The van der Waals surface area contributed by atoms with Crippen molar-refractivity contribution in [3.05, 3.63) is 57.0 Å². The van der Waals surface area contributed by atoms with Gasteiger partial charge in [0.2, 0.25) is 5.91 Å². The van der Waals surface area contributed by atoms with E-state index in [-0.39, 0.29) is 25.2 Å². The maximum absolute atomic E-state index is 11.9. The molecule has 0 unspecified atom stereocenters. The van der Waals surface area contributed by atoms with Crippen LogP contribution in [0.1, 0.15) is 24.8 Å². The summed E-state index contributed by atoms with van der Waals surface area (Å²) in [6, 6.07) is 9.83. The van der Waals surface area contributed by atoms with Crippen molar-refractivity contribution in [1.29, 1.82) is 0 Å². The fraction of sp³-hybridized carbons (Fsp3) is 0.250. The molecule has 0 saturated carbocycles. The summed E-state index contributed by atoms with van der Waals surface area (Å²) in [4.78, 5) is 35.5. The minimum Gasteiger partial charge on any atom is -0.456 e. The number of benzene rings is 2. The third kappa shape index (κ3) is 7.93. The van der Waals surface area contributed by atoms with Crippen LogP contribution in [0.2, 0.25) is 15.1 Å². The molecule has 0 aliphatic carbocycles. The molecule has 154 valence electrons. The zero-order valence-corrected chi connectivity index (χ0v) is 17.8. The van der Waals surface area contributed by atoms with Crippen LogP contribution in [-0.2, 0) is 19.1 Å². The van der Waals surface area contributed by atoms with E-state index in [4.69, 9.17) is 39.5 Å². The average Bonchev–Trinajstić information content (AvgIpc) is 2.66. The number of hydrogen-bond donors (Lipinski definition) is 2. The third-order valence-corrected chi connectivity index (χ3v) is 4.78. The highest BCUT2D eigenvalue weighted by atomic mass is 35.5. The number of carbonyl (C=O) groups excluding carboxylic acids is 3. The molecule has 0 aliphatic heterocycles. The van der Waals surface area contributed by atoms with E-state index in [1.807, 2.05) is 6.92 Å². The number of halogens is 3. The zero-order chi connectivity index (χ0) is 21.4. The summed E-state index contributed by atoms with van der Waals surface area (Å²) in [6.07, 6.45) is 0.421. The third-order valence-electron chi connectivity index (χ3n) is 3.81. The van der Waals surface area contributed by atoms with Gasteiger partial charge in [-0.2, -0.15) is 0 Å². The van der Waals surface area contributed by atoms with Crippen molar-refractivity contribution in [2.45, 2.75) is 26.2 Å². The molecule has 0 aromatic heterocycles. The van der Waals surface area contributed by atoms with Crippen molar-refractivity contribution in [1.82, 2.24) is 0 Å². The number of amides is 2. The first-order chi connectivity index (χ1) is 13.7. The molecule has 2 rings (SSSR count). The fourth-order valence-electron chi connectivity index (χ4n) is 2.29. The molecule has 0 aliphatic rings. The average molecular weight is 458 g/mol. The molecule has 0 radical (unpaired) electrons. The van der Waals surface area contributed by atoms with E-state index >= 15 is 0 Å². The van der Waals surface area contributed by atoms with Gasteiger partial charge in [0.25, 0.3) is 5.91 Å². The zero-order valence-electron chi connectivity index (χ0n) is 15.6. The first kappa shape index (κ1) is 23.0. The Labute approximate surface area is 183 Å². The Balaban J connectivity index is 1.67. The monoisotopic (exact) mass is 456 g/mol. The second-order valence-electron chi connectivity index (χ2n) is 6.20. The molecule has 29 heavy (non-hydrogen) atoms. The van der Waals surface area contributed by atoms with Crippen LogP contribution in [0.4, 0.5) is 11.4 Å². The van der Waals surface area contributed by atoms with Crippen molar-refractivity contribution in [2.24, 2.45) is 0 Å². The lowest BCUT2D eigenvalue weighted by atomic mass is 10.2. The van der Waals surface area contributed by atoms with E-state index in [2.05, 4.69) is 10.6 Å². The summed E-state index contributed by atoms with van der Waals surface area (Å²) < 4.78 is 4.90. The van der Waals surface area contributed by atoms with Crippen LogP contribution in [0.5, 0.6) is 0 Å². The maximum atomic E-state index is 11.9. The number of rotatable bonds is 8. The molecule has 6 nitrogen and oxygen atoms in total. The molecule has 2 aromatic rings. The van der Waals surface area contributed by atoms with Crippen molar-refractivity contribution in [2.75, 3.05) is 17.2 Å². The highest BCUT2D eigenvalue weighted by molar-refractivity contribution is 6.35. The van der Waals surface area contributed by atoms with Gasteiger partial charge in [-0.05, 0) is 49.2 Å². The van der Waals surface area contributed by atoms with E-state index in [0.29, 0.717) is 26.4 Å². The number of carbonyl (C=O) groups is 3. The van der Waals surface area contributed by atoms with Crippen LogP contribution >= 0.6 is 34.8 Å². The molecular weight excluding hydrogens is 439 g/mol. The number of nitrogens with one attached hydrogen (secondary N) is 2. The molecule has 0 spiro atoms. The lowest BCUT2D eigenvalue weighted by Gasteiger charge is -2.09. The van der Waals surface area contributed by atoms with Crippen molar-refractivity contribution in [3.63, 3.8) is 0 Å². The number of hydrogen-bond acceptors (Lipinski definition) is 4. The molecule has 0 bridgehead atoms. The lowest BCUT2D eigenvalue weighted by molar-refractivity contribution is -0.147. The van der Waals surface area contributed by atoms with E-state index < -0.39 is 18.5 Å². The van der Waals surface area contributed by atoms with Gasteiger partial charge in [0.05, 0.1) is 10.7 Å². The van der Waals surface area contributed by atoms with E-state index in [9.17, 15) is 14.4 Å². The van der Waals surface area contributed by atoms with Crippen LogP contribution in [0.3, 0.4) is 0 Å². The van der Waals surface area contributed by atoms with E-state index in [1.165, 1.54) is 6.07 Å². The fourth-order valence-corrected chi connectivity index (χ4v) is 2.80. The molecule has 2 aromatic carbocycles. The van der Waals surface area contributed by atoms with Gasteiger partial charge in [0.15, 0.2) is 6.61 Å². The van der Waals surface area contributed by atoms with Crippen molar-refractivity contribution >= 4 is 64.0 Å². The van der Waals surface area contributed by atoms with Gasteiger partial charge in [0.1, 0.15) is 0 Å². The maximum Gasteiger partial charge on any atom is 0.306 e. The number of aryl methyl sites for hydroxylation is 1. The predicted molar refractivity (Wildman–Crippen MR) is 115 cm³/mol. The molecule has 0 heterocycles. The first-order valence-corrected chi connectivity index (χ1v) is 9.84. The Hall–Kier alpha value is -2.28. The highest BCUT2D eigenvalue weighted by Crippen LogP contribution is 2.25. The highest BCUT2D eigenvalue weighted by Gasteiger charge is 2.11. The summed E-state index contributed by atoms with van der Waals surface area (Å²) in [7, 11) is 0. The Bertz CT molecular complexity index is 919. The van der Waals surface area contributed by atoms with Gasteiger partial charge in [-0.3, -0.25) is 14.4 Å². The quantitative estimate of drug-likeness (QED) is 0.531. The predicted octanol–water partition coefficient (Wildman–Crippen LogP) is 5.25. The first-order valence-electron chi connectivity index (χ1n) is 8.71. The molecule has 0 saturated heterocycles. The summed E-state index contributed by atoms with van der Waals surface area (Å²) in [6.45, 7) is 1.40. The van der Waals surface area contributed by atoms with Crippen LogP contribution in [0.15, 0.2) is 36.4 Å². The van der Waals surface area contributed by atoms with Gasteiger partial charge in [0, 0.05) is 28.6 Å². The van der Waals surface area contributed by atoms with Gasteiger partial charge >= 0.3 is 5.97 Å². The van der Waals surface area contributed by atoms with Gasteiger partial charge in [-0.15, -0.1) is 0 Å². The molecule has 9 heteroatoms. The minimum absolute atomic E-state index is 0.00722. The minimum atomic E-state index is -0.580.